The molecule has 1 amide bonds. The van der Waals surface area contributed by atoms with Crippen molar-refractivity contribution in [1.82, 2.24) is 15.5 Å². The Hall–Kier alpha value is -1.88. The largest absolute Gasteiger partial charge is 0.380 e. The number of hydrogen-bond acceptors (Lipinski definition) is 3. The molecule has 0 saturated heterocycles. The number of nitrogens with zero attached hydrogens (tertiary/aromatic N) is 1. The fraction of sp³-hybridized carbons (Fsp3) is 0.467. The van der Waals surface area contributed by atoms with Crippen LogP contribution in [-0.2, 0) is 4.74 Å². The van der Waals surface area contributed by atoms with Crippen LogP contribution in [0.5, 0.6) is 0 Å². The van der Waals surface area contributed by atoms with Gasteiger partial charge in [-0.15, -0.1) is 0 Å². The van der Waals surface area contributed by atoms with E-state index in [1.54, 1.807) is 18.3 Å². The Labute approximate surface area is 118 Å². The molecule has 0 aliphatic rings. The molecule has 2 N–H and O–H groups in total. The van der Waals surface area contributed by atoms with Gasteiger partial charge < -0.3 is 10.1 Å². The maximum Gasteiger partial charge on any atom is 0.251 e. The number of carbonyl (C=O) groups excluding carboxylic acids is 1. The first-order valence-corrected chi connectivity index (χ1v) is 6.96. The van der Waals surface area contributed by atoms with E-state index < -0.39 is 0 Å². The molecule has 20 heavy (non-hydrogen) atoms. The third-order valence-corrected chi connectivity index (χ3v) is 3.08. The van der Waals surface area contributed by atoms with Gasteiger partial charge in [0.05, 0.1) is 18.3 Å². The molecule has 1 aromatic heterocycles. The molecule has 0 fully saturated rings. The van der Waals surface area contributed by atoms with Gasteiger partial charge in [-0.25, -0.2) is 0 Å². The molecule has 1 heterocycles. The standard InChI is InChI=1S/C15H21N3O2/c1-11(2)5-7-20-8-6-16-15(19)12-3-4-13-10-17-18-14(13)9-12/h3-4,9-11H,5-8H2,1-2H3,(H,16,19)(H,17,18). The minimum atomic E-state index is -0.0889. The van der Waals surface area contributed by atoms with Crippen molar-refractivity contribution in [3.63, 3.8) is 0 Å². The lowest BCUT2D eigenvalue weighted by Gasteiger charge is -2.08. The zero-order valence-corrected chi connectivity index (χ0v) is 12.0. The number of fused-ring (bicyclic) bond motifs is 1. The molecule has 0 spiro atoms. The van der Waals surface area contributed by atoms with Crippen molar-refractivity contribution in [2.45, 2.75) is 20.3 Å². The zero-order chi connectivity index (χ0) is 14.4. The predicted molar refractivity (Wildman–Crippen MR) is 78.7 cm³/mol. The quantitative estimate of drug-likeness (QED) is 0.762. The number of carbonyl (C=O) groups is 1. The fourth-order valence-corrected chi connectivity index (χ4v) is 1.84. The van der Waals surface area contributed by atoms with Gasteiger partial charge in [0, 0.05) is 24.1 Å². The number of aromatic nitrogens is 2. The summed E-state index contributed by atoms with van der Waals surface area (Å²) in [5.74, 6) is 0.555. The van der Waals surface area contributed by atoms with Crippen LogP contribution in [0, 0.1) is 5.92 Å². The first kappa shape index (κ1) is 14.5. The van der Waals surface area contributed by atoms with Crippen LogP contribution >= 0.6 is 0 Å². The normalized spacial score (nSPS) is 11.2. The van der Waals surface area contributed by atoms with Crippen LogP contribution in [0.1, 0.15) is 30.6 Å². The molecule has 2 aromatic rings. The first-order chi connectivity index (χ1) is 9.66. The van der Waals surface area contributed by atoms with Crippen LogP contribution in [0.2, 0.25) is 0 Å². The number of H-pyrrole nitrogens is 1. The summed E-state index contributed by atoms with van der Waals surface area (Å²) < 4.78 is 5.46. The molecule has 0 bridgehead atoms. The fourth-order valence-electron chi connectivity index (χ4n) is 1.84. The molecule has 5 nitrogen and oxygen atoms in total. The molecule has 0 saturated carbocycles. The number of aromatic amines is 1. The molecular weight excluding hydrogens is 254 g/mol. The Balaban J connectivity index is 1.74. The molecule has 0 radical (unpaired) electrons. The van der Waals surface area contributed by atoms with E-state index in [0.29, 0.717) is 24.6 Å². The lowest BCUT2D eigenvalue weighted by molar-refractivity contribution is 0.0906. The number of rotatable bonds is 7. The molecule has 2 rings (SSSR count). The van der Waals surface area contributed by atoms with E-state index in [-0.39, 0.29) is 5.91 Å². The predicted octanol–water partition coefficient (Wildman–Crippen LogP) is 2.36. The van der Waals surface area contributed by atoms with Crippen molar-refractivity contribution in [3.8, 4) is 0 Å². The number of benzene rings is 1. The van der Waals surface area contributed by atoms with Gasteiger partial charge in [0.25, 0.3) is 5.91 Å². The van der Waals surface area contributed by atoms with Gasteiger partial charge >= 0.3 is 0 Å². The van der Waals surface area contributed by atoms with Gasteiger partial charge in [0.15, 0.2) is 0 Å². The highest BCUT2D eigenvalue weighted by atomic mass is 16.5. The second-order valence-electron chi connectivity index (χ2n) is 5.22. The van der Waals surface area contributed by atoms with Gasteiger partial charge in [-0.05, 0) is 24.5 Å². The average Bonchev–Trinajstić information content (AvgIpc) is 2.89. The van der Waals surface area contributed by atoms with E-state index in [0.717, 1.165) is 23.9 Å². The summed E-state index contributed by atoms with van der Waals surface area (Å²) in [5, 5.41) is 10.6. The highest BCUT2D eigenvalue weighted by Gasteiger charge is 2.06. The molecule has 1 aromatic carbocycles. The molecular formula is C15H21N3O2. The van der Waals surface area contributed by atoms with E-state index in [1.165, 1.54) is 0 Å². The summed E-state index contributed by atoms with van der Waals surface area (Å²) in [4.78, 5) is 12.0. The van der Waals surface area contributed by atoms with E-state index in [4.69, 9.17) is 4.74 Å². The summed E-state index contributed by atoms with van der Waals surface area (Å²) >= 11 is 0. The monoisotopic (exact) mass is 275 g/mol. The van der Waals surface area contributed by atoms with Gasteiger partial charge in [0.1, 0.15) is 0 Å². The Kier molecular flexibility index (Phi) is 5.12. The molecule has 0 aliphatic heterocycles. The zero-order valence-electron chi connectivity index (χ0n) is 12.0. The number of nitrogens with one attached hydrogen (secondary N) is 2. The lowest BCUT2D eigenvalue weighted by Crippen LogP contribution is -2.27. The van der Waals surface area contributed by atoms with Crippen LogP contribution in [-0.4, -0.2) is 35.9 Å². The van der Waals surface area contributed by atoms with Crippen molar-refractivity contribution in [3.05, 3.63) is 30.0 Å². The van der Waals surface area contributed by atoms with Crippen LogP contribution in [0.4, 0.5) is 0 Å². The maximum atomic E-state index is 12.0. The minimum Gasteiger partial charge on any atom is -0.380 e. The summed E-state index contributed by atoms with van der Waals surface area (Å²) in [6.45, 7) is 6.14. The molecule has 108 valence electrons. The second-order valence-corrected chi connectivity index (χ2v) is 5.22. The smallest absolute Gasteiger partial charge is 0.251 e. The van der Waals surface area contributed by atoms with Crippen LogP contribution in [0.3, 0.4) is 0 Å². The van der Waals surface area contributed by atoms with Gasteiger partial charge in [-0.2, -0.15) is 5.10 Å². The van der Waals surface area contributed by atoms with Gasteiger partial charge in [0.2, 0.25) is 0 Å². The number of ether oxygens (including phenoxy) is 1. The third kappa shape index (κ3) is 4.06. The second kappa shape index (κ2) is 7.05. The SMILES string of the molecule is CC(C)CCOCCNC(=O)c1ccc2cn[nH]c2c1. The third-order valence-electron chi connectivity index (χ3n) is 3.08. The lowest BCUT2D eigenvalue weighted by atomic mass is 10.1. The molecule has 0 aliphatic carbocycles. The van der Waals surface area contributed by atoms with Crippen molar-refractivity contribution < 1.29 is 9.53 Å². The average molecular weight is 275 g/mol. The van der Waals surface area contributed by atoms with Crippen LogP contribution in [0.15, 0.2) is 24.4 Å². The molecule has 5 heteroatoms. The maximum absolute atomic E-state index is 12.0. The number of amides is 1. The van der Waals surface area contributed by atoms with E-state index >= 15 is 0 Å². The Morgan fingerprint density at radius 3 is 3.05 bits per heavy atom. The van der Waals surface area contributed by atoms with Gasteiger partial charge in [-0.1, -0.05) is 19.9 Å². The minimum absolute atomic E-state index is 0.0889. The van der Waals surface area contributed by atoms with Crippen molar-refractivity contribution in [2.75, 3.05) is 19.8 Å². The van der Waals surface area contributed by atoms with Crippen LogP contribution in [0.25, 0.3) is 10.9 Å². The van der Waals surface area contributed by atoms with Crippen molar-refractivity contribution in [2.24, 2.45) is 5.92 Å². The Morgan fingerprint density at radius 1 is 1.40 bits per heavy atom. The highest BCUT2D eigenvalue weighted by molar-refractivity contribution is 5.97. The summed E-state index contributed by atoms with van der Waals surface area (Å²) in [6, 6.07) is 5.48. The molecule has 0 unspecified atom stereocenters. The molecule has 0 atom stereocenters. The highest BCUT2D eigenvalue weighted by Crippen LogP contribution is 2.12. The van der Waals surface area contributed by atoms with Crippen molar-refractivity contribution >= 4 is 16.8 Å². The van der Waals surface area contributed by atoms with E-state index in [1.807, 2.05) is 6.07 Å². The number of hydrogen-bond donors (Lipinski definition) is 2. The van der Waals surface area contributed by atoms with E-state index in [9.17, 15) is 4.79 Å². The van der Waals surface area contributed by atoms with Crippen molar-refractivity contribution in [1.29, 1.82) is 0 Å². The Bertz CT molecular complexity index is 563. The summed E-state index contributed by atoms with van der Waals surface area (Å²) in [7, 11) is 0. The topological polar surface area (TPSA) is 67.0 Å². The van der Waals surface area contributed by atoms with Gasteiger partial charge in [-0.3, -0.25) is 9.89 Å². The summed E-state index contributed by atoms with van der Waals surface area (Å²) in [6.07, 6.45) is 2.78. The van der Waals surface area contributed by atoms with Crippen LogP contribution < -0.4 is 5.32 Å². The van der Waals surface area contributed by atoms with E-state index in [2.05, 4.69) is 29.4 Å². The Morgan fingerprint density at radius 2 is 2.25 bits per heavy atom. The summed E-state index contributed by atoms with van der Waals surface area (Å²) in [5.41, 5.74) is 1.50. The first-order valence-electron chi connectivity index (χ1n) is 6.96.